The van der Waals surface area contributed by atoms with Crippen LogP contribution in [0.15, 0.2) is 47.1 Å². The maximum atomic E-state index is 15.0. The number of carbonyl (C=O) groups excluding carboxylic acids is 2. The van der Waals surface area contributed by atoms with E-state index in [4.69, 9.17) is 32.6 Å². The number of carbonyl (C=O) groups is 2. The number of aromatic amines is 1. The van der Waals surface area contributed by atoms with Gasteiger partial charge in [-0.3, -0.25) is 14.7 Å². The molecule has 0 aliphatic heterocycles. The van der Waals surface area contributed by atoms with Crippen LogP contribution in [-0.4, -0.2) is 54.3 Å². The number of ether oxygens (including phenoxy) is 1. The molecule has 2 amide bonds. The third-order valence-corrected chi connectivity index (χ3v) is 7.10. The number of pyridine rings is 1. The van der Waals surface area contributed by atoms with E-state index < -0.39 is 28.6 Å². The van der Waals surface area contributed by atoms with Crippen LogP contribution in [-0.2, 0) is 22.6 Å². The Kier molecular flexibility index (Phi) is 11.2. The van der Waals surface area contributed by atoms with Gasteiger partial charge in [0.25, 0.3) is 5.91 Å². The molecule has 1 aromatic carbocycles. The van der Waals surface area contributed by atoms with Gasteiger partial charge >= 0.3 is 0 Å². The smallest absolute Gasteiger partial charge is 0.276 e. The number of aromatic nitrogens is 5. The summed E-state index contributed by atoms with van der Waals surface area (Å²) in [6, 6.07) is 11.6. The second kappa shape index (κ2) is 15.0. The van der Waals surface area contributed by atoms with Gasteiger partial charge in [-0.05, 0) is 62.9 Å². The standard InChI is InChI=1S/C29H32Cl2FN7O4/c1-16(42-15-19-8-5-4-6-9-19)14-22-26(39-43-38-22)29(41)33-21(10-7-11-23(30)31)28(40)35-24-13-12-20(27(32)34-24)25-17(2)36-37-18(25)3/h4-6,8-9,12-13,16,21,23H,7,10-11,14-15H2,1-3H3,(H,33,41)(H,36,37)(H,34,35,40)/t16?,21-/m0/s1. The molecule has 3 N–H and O–H groups in total. The predicted molar refractivity (Wildman–Crippen MR) is 159 cm³/mol. The fourth-order valence-electron chi connectivity index (χ4n) is 4.48. The van der Waals surface area contributed by atoms with E-state index in [0.29, 0.717) is 36.4 Å². The Morgan fingerprint density at radius 3 is 2.53 bits per heavy atom. The highest BCUT2D eigenvalue weighted by atomic mass is 35.5. The molecule has 228 valence electrons. The molecular formula is C29H32Cl2FN7O4. The molecular weight excluding hydrogens is 600 g/mol. The van der Waals surface area contributed by atoms with Crippen LogP contribution in [0.2, 0.25) is 0 Å². The molecule has 14 heteroatoms. The Balaban J connectivity index is 1.43. The van der Waals surface area contributed by atoms with E-state index in [0.717, 1.165) is 5.56 Å². The molecule has 1 unspecified atom stereocenters. The summed E-state index contributed by atoms with van der Waals surface area (Å²) < 4.78 is 25.7. The van der Waals surface area contributed by atoms with Crippen LogP contribution >= 0.6 is 23.2 Å². The number of amides is 2. The number of nitrogens with one attached hydrogen (secondary N) is 3. The van der Waals surface area contributed by atoms with Gasteiger partial charge in [0.1, 0.15) is 22.4 Å². The summed E-state index contributed by atoms with van der Waals surface area (Å²) >= 11 is 11.7. The molecule has 0 saturated heterocycles. The number of hydrogen-bond acceptors (Lipinski definition) is 8. The number of H-pyrrole nitrogens is 1. The fraction of sp³-hybridized carbons (Fsp3) is 0.379. The van der Waals surface area contributed by atoms with Crippen molar-refractivity contribution in [1.29, 1.82) is 0 Å². The zero-order valence-electron chi connectivity index (χ0n) is 23.9. The highest BCUT2D eigenvalue weighted by Gasteiger charge is 2.27. The number of alkyl halides is 2. The van der Waals surface area contributed by atoms with Crippen LogP contribution in [0.3, 0.4) is 0 Å². The summed E-state index contributed by atoms with van der Waals surface area (Å²) in [5.74, 6) is -2.08. The summed E-state index contributed by atoms with van der Waals surface area (Å²) in [4.78, 5) is 29.7. The largest absolute Gasteiger partial charge is 0.373 e. The molecule has 0 fully saturated rings. The van der Waals surface area contributed by atoms with Gasteiger partial charge < -0.3 is 15.4 Å². The van der Waals surface area contributed by atoms with Crippen molar-refractivity contribution in [3.8, 4) is 11.1 Å². The Hall–Kier alpha value is -3.87. The zero-order chi connectivity index (χ0) is 30.9. The van der Waals surface area contributed by atoms with Gasteiger partial charge in [0.15, 0.2) is 5.69 Å². The van der Waals surface area contributed by atoms with Gasteiger partial charge in [0, 0.05) is 23.2 Å². The Morgan fingerprint density at radius 1 is 1.09 bits per heavy atom. The summed E-state index contributed by atoms with van der Waals surface area (Å²) in [6.45, 7) is 5.76. The second-order valence-corrected chi connectivity index (χ2v) is 11.3. The summed E-state index contributed by atoms with van der Waals surface area (Å²) in [5.41, 5.74) is 3.37. The normalized spacial score (nSPS) is 12.7. The lowest BCUT2D eigenvalue weighted by molar-refractivity contribution is -0.118. The third-order valence-electron chi connectivity index (χ3n) is 6.66. The zero-order valence-corrected chi connectivity index (χ0v) is 25.4. The van der Waals surface area contributed by atoms with Crippen LogP contribution in [0.1, 0.15) is 59.3 Å². The number of aryl methyl sites for hydroxylation is 2. The molecule has 3 aromatic heterocycles. The molecule has 3 heterocycles. The van der Waals surface area contributed by atoms with Crippen LogP contribution in [0.5, 0.6) is 0 Å². The van der Waals surface area contributed by atoms with Crippen molar-refractivity contribution in [2.75, 3.05) is 5.32 Å². The van der Waals surface area contributed by atoms with Crippen molar-refractivity contribution >= 4 is 40.8 Å². The van der Waals surface area contributed by atoms with E-state index in [1.165, 1.54) is 12.1 Å². The topological polar surface area (TPSA) is 148 Å². The van der Waals surface area contributed by atoms with Crippen molar-refractivity contribution in [3.05, 3.63) is 76.8 Å². The molecule has 2 atom stereocenters. The number of hydrogen-bond donors (Lipinski definition) is 3. The first-order valence-corrected chi connectivity index (χ1v) is 14.5. The number of anilines is 1. The fourth-order valence-corrected chi connectivity index (χ4v) is 4.79. The third kappa shape index (κ3) is 8.82. The maximum Gasteiger partial charge on any atom is 0.276 e. The average Bonchev–Trinajstić information content (AvgIpc) is 3.57. The van der Waals surface area contributed by atoms with Crippen LogP contribution in [0, 0.1) is 19.8 Å². The van der Waals surface area contributed by atoms with Gasteiger partial charge in [-0.15, -0.1) is 23.2 Å². The van der Waals surface area contributed by atoms with Crippen LogP contribution in [0.4, 0.5) is 10.2 Å². The number of rotatable bonds is 14. The first-order chi connectivity index (χ1) is 20.6. The predicted octanol–water partition coefficient (Wildman–Crippen LogP) is 5.47. The number of halogens is 3. The van der Waals surface area contributed by atoms with E-state index in [2.05, 4.69) is 36.1 Å². The van der Waals surface area contributed by atoms with Crippen molar-refractivity contribution < 1.29 is 23.3 Å². The summed E-state index contributed by atoms with van der Waals surface area (Å²) in [5, 5.41) is 19.8. The molecule has 11 nitrogen and oxygen atoms in total. The van der Waals surface area contributed by atoms with Crippen molar-refractivity contribution in [1.82, 2.24) is 30.8 Å². The average molecular weight is 633 g/mol. The minimum atomic E-state index is -1.04. The molecule has 0 spiro atoms. The van der Waals surface area contributed by atoms with E-state index in [1.54, 1.807) is 13.8 Å². The van der Waals surface area contributed by atoms with Gasteiger partial charge in [-0.25, -0.2) is 9.61 Å². The highest BCUT2D eigenvalue weighted by molar-refractivity contribution is 6.44. The van der Waals surface area contributed by atoms with Gasteiger partial charge in [-0.2, -0.15) is 9.49 Å². The highest BCUT2D eigenvalue weighted by Crippen LogP contribution is 2.28. The van der Waals surface area contributed by atoms with E-state index in [9.17, 15) is 14.0 Å². The lowest BCUT2D eigenvalue weighted by atomic mass is 10.1. The molecule has 0 aliphatic rings. The number of nitrogens with zero attached hydrogens (tertiary/aromatic N) is 4. The monoisotopic (exact) mass is 631 g/mol. The SMILES string of the molecule is Cc1n[nH]c(C)c1-c1ccc(NC(=O)[C@H](CCCC(Cl)Cl)NC(=O)c2nonc2CC(C)OCc2ccccc2)nc1F. The minimum absolute atomic E-state index is 0.0231. The quantitative estimate of drug-likeness (QED) is 0.123. The van der Waals surface area contributed by atoms with E-state index >= 15 is 0 Å². The Labute approximate surface area is 257 Å². The maximum absolute atomic E-state index is 15.0. The van der Waals surface area contributed by atoms with Crippen LogP contribution in [0.25, 0.3) is 11.1 Å². The van der Waals surface area contributed by atoms with Crippen molar-refractivity contribution in [2.24, 2.45) is 0 Å². The van der Waals surface area contributed by atoms with Gasteiger partial charge in [-0.1, -0.05) is 35.5 Å². The van der Waals surface area contributed by atoms with Crippen LogP contribution < -0.4 is 10.6 Å². The molecule has 4 aromatic rings. The molecule has 43 heavy (non-hydrogen) atoms. The second-order valence-electron chi connectivity index (χ2n) is 10.1. The van der Waals surface area contributed by atoms with Crippen molar-refractivity contribution in [3.63, 3.8) is 0 Å². The Bertz CT molecular complexity index is 1510. The lowest BCUT2D eigenvalue weighted by Crippen LogP contribution is -2.44. The first kappa shape index (κ1) is 32.1. The molecule has 0 bridgehead atoms. The van der Waals surface area contributed by atoms with Gasteiger partial charge in [0.05, 0.1) is 18.4 Å². The van der Waals surface area contributed by atoms with Crippen molar-refractivity contribution in [2.45, 2.75) is 70.0 Å². The first-order valence-electron chi connectivity index (χ1n) is 13.7. The number of benzene rings is 1. The molecule has 4 rings (SSSR count). The Morgan fingerprint density at radius 2 is 1.86 bits per heavy atom. The van der Waals surface area contributed by atoms with Gasteiger partial charge in [0.2, 0.25) is 11.9 Å². The van der Waals surface area contributed by atoms with E-state index in [1.807, 2.05) is 37.3 Å². The molecule has 0 radical (unpaired) electrons. The summed E-state index contributed by atoms with van der Waals surface area (Å²) in [6.07, 6.45) is 0.950. The minimum Gasteiger partial charge on any atom is -0.373 e. The molecule has 0 saturated carbocycles. The molecule has 0 aliphatic carbocycles. The van der Waals surface area contributed by atoms with E-state index in [-0.39, 0.29) is 41.7 Å². The summed E-state index contributed by atoms with van der Waals surface area (Å²) in [7, 11) is 0. The lowest BCUT2D eigenvalue weighted by Gasteiger charge is -2.18.